The number of carboxylic acid groups (broad SMARTS) is 1. The maximum Gasteiger partial charge on any atom is 0.421 e. The van der Waals surface area contributed by atoms with Gasteiger partial charge in [0, 0.05) is 6.54 Å². The van der Waals surface area contributed by atoms with E-state index in [9.17, 15) is 18.0 Å². The molecule has 19 heavy (non-hydrogen) atoms. The van der Waals surface area contributed by atoms with E-state index in [1.54, 1.807) is 4.72 Å². The molecule has 9 nitrogen and oxygen atoms in total. The van der Waals surface area contributed by atoms with Gasteiger partial charge < -0.3 is 14.6 Å². The van der Waals surface area contributed by atoms with Gasteiger partial charge in [0.1, 0.15) is 0 Å². The third kappa shape index (κ3) is 5.41. The van der Waals surface area contributed by atoms with Gasteiger partial charge in [-0.2, -0.15) is 13.1 Å². The molecule has 1 saturated heterocycles. The summed E-state index contributed by atoms with van der Waals surface area (Å²) in [5.41, 5.74) is 0. The van der Waals surface area contributed by atoms with Crippen molar-refractivity contribution in [1.82, 2.24) is 9.44 Å². The Bertz CT molecular complexity index is 436. The van der Waals surface area contributed by atoms with Crippen molar-refractivity contribution in [3.05, 3.63) is 0 Å². The Morgan fingerprint density at radius 3 is 2.63 bits per heavy atom. The van der Waals surface area contributed by atoms with Gasteiger partial charge >= 0.3 is 22.3 Å². The molecule has 2 unspecified atom stereocenters. The lowest BCUT2D eigenvalue weighted by atomic mass is 10.2. The Morgan fingerprint density at radius 1 is 1.42 bits per heavy atom. The largest absolute Gasteiger partial charge is 0.479 e. The normalized spacial score (nSPS) is 23.0. The average Bonchev–Trinajstić information content (AvgIpc) is 2.74. The molecular formula is C9H16N2O7S. The number of nitrogens with one attached hydrogen (secondary N) is 2. The maximum atomic E-state index is 11.4. The summed E-state index contributed by atoms with van der Waals surface area (Å²) in [6.45, 7) is 1.48. The predicted octanol–water partition coefficient (Wildman–Crippen LogP) is -0.801. The number of carbonyl (C=O) groups is 2. The summed E-state index contributed by atoms with van der Waals surface area (Å²) >= 11 is 0. The molecule has 0 aliphatic carbocycles. The fourth-order valence-corrected chi connectivity index (χ4v) is 2.30. The van der Waals surface area contributed by atoms with Crippen LogP contribution in [0.4, 0.5) is 4.79 Å². The number of carbonyl (C=O) groups excluding carboxylic acids is 1. The lowest BCUT2D eigenvalue weighted by Gasteiger charge is -2.12. The van der Waals surface area contributed by atoms with Crippen LogP contribution in [0.25, 0.3) is 0 Å². The van der Waals surface area contributed by atoms with Gasteiger partial charge in [0.2, 0.25) is 0 Å². The quantitative estimate of drug-likeness (QED) is 0.584. The van der Waals surface area contributed by atoms with Crippen LogP contribution in [0.1, 0.15) is 19.8 Å². The van der Waals surface area contributed by atoms with Crippen molar-refractivity contribution in [2.75, 3.05) is 13.2 Å². The molecule has 1 aliphatic heterocycles. The summed E-state index contributed by atoms with van der Waals surface area (Å²) in [7, 11) is -4.03. The van der Waals surface area contributed by atoms with Gasteiger partial charge in [0.15, 0.2) is 6.10 Å². The summed E-state index contributed by atoms with van der Waals surface area (Å²) < 4.78 is 36.0. The minimum Gasteiger partial charge on any atom is -0.479 e. The molecule has 0 spiro atoms. The molecule has 10 heteroatoms. The number of hydrogen-bond donors (Lipinski definition) is 3. The van der Waals surface area contributed by atoms with E-state index in [2.05, 4.69) is 9.46 Å². The Hall–Kier alpha value is -1.39. The number of amides is 1. The first kappa shape index (κ1) is 15.7. The molecule has 1 heterocycles. The molecular weight excluding hydrogens is 280 g/mol. The van der Waals surface area contributed by atoms with Crippen LogP contribution in [-0.2, 0) is 24.5 Å². The molecule has 1 aliphatic rings. The van der Waals surface area contributed by atoms with Crippen LogP contribution >= 0.6 is 0 Å². The molecule has 0 aromatic heterocycles. The highest BCUT2D eigenvalue weighted by Gasteiger charge is 2.31. The van der Waals surface area contributed by atoms with Crippen molar-refractivity contribution < 1.29 is 32.6 Å². The molecule has 1 rings (SSSR count). The van der Waals surface area contributed by atoms with E-state index in [0.717, 1.165) is 0 Å². The lowest BCUT2D eigenvalue weighted by molar-refractivity contribution is -0.149. The van der Waals surface area contributed by atoms with E-state index < -0.39 is 34.5 Å². The summed E-state index contributed by atoms with van der Waals surface area (Å²) in [5, 5.41) is 8.70. The van der Waals surface area contributed by atoms with Crippen LogP contribution in [0.3, 0.4) is 0 Å². The highest BCUT2D eigenvalue weighted by Crippen LogP contribution is 2.19. The summed E-state index contributed by atoms with van der Waals surface area (Å²) in [6.07, 6.45) is -1.76. The van der Waals surface area contributed by atoms with E-state index in [1.165, 1.54) is 6.92 Å². The Labute approximate surface area is 110 Å². The summed E-state index contributed by atoms with van der Waals surface area (Å²) in [5.74, 6) is -1.07. The number of rotatable bonds is 6. The standard InChI is InChI=1S/C9H16N2O7S/c1-2-17-9(14)11-19(15,16)10-5-6-3-4-7(18-6)8(12)13/h6-7,10H,2-5H2,1H3,(H,11,14)(H,12,13). The number of ether oxygens (including phenoxy) is 2. The van der Waals surface area contributed by atoms with Gasteiger partial charge in [-0.15, -0.1) is 0 Å². The zero-order valence-corrected chi connectivity index (χ0v) is 11.1. The van der Waals surface area contributed by atoms with E-state index in [1.807, 2.05) is 0 Å². The molecule has 2 atom stereocenters. The van der Waals surface area contributed by atoms with Crippen LogP contribution in [-0.4, -0.2) is 50.9 Å². The number of aliphatic carboxylic acids is 1. The summed E-state index contributed by atoms with van der Waals surface area (Å²) in [6, 6.07) is 0. The predicted molar refractivity (Wildman–Crippen MR) is 62.6 cm³/mol. The van der Waals surface area contributed by atoms with Crippen LogP contribution in [0.15, 0.2) is 0 Å². The third-order valence-corrected chi connectivity index (χ3v) is 3.36. The zero-order chi connectivity index (χ0) is 14.5. The van der Waals surface area contributed by atoms with E-state index in [-0.39, 0.29) is 13.2 Å². The third-order valence-electron chi connectivity index (χ3n) is 2.38. The summed E-state index contributed by atoms with van der Waals surface area (Å²) in [4.78, 5) is 21.6. The second-order valence-electron chi connectivity index (χ2n) is 3.84. The Morgan fingerprint density at radius 2 is 2.11 bits per heavy atom. The highest BCUT2D eigenvalue weighted by atomic mass is 32.2. The molecule has 1 fully saturated rings. The molecule has 1 amide bonds. The van der Waals surface area contributed by atoms with Crippen molar-refractivity contribution in [3.63, 3.8) is 0 Å². The number of hydrogen-bond acceptors (Lipinski definition) is 6. The minimum atomic E-state index is -4.03. The Kier molecular flexibility index (Phi) is 5.51. The molecule has 0 saturated carbocycles. The van der Waals surface area contributed by atoms with E-state index >= 15 is 0 Å². The maximum absolute atomic E-state index is 11.4. The molecule has 0 aromatic carbocycles. The van der Waals surface area contributed by atoms with Crippen molar-refractivity contribution in [1.29, 1.82) is 0 Å². The topological polar surface area (TPSA) is 131 Å². The van der Waals surface area contributed by atoms with Gasteiger partial charge in [-0.3, -0.25) is 0 Å². The van der Waals surface area contributed by atoms with Gasteiger partial charge in [0.05, 0.1) is 12.7 Å². The Balaban J connectivity index is 2.36. The van der Waals surface area contributed by atoms with Crippen molar-refractivity contribution in [2.24, 2.45) is 0 Å². The highest BCUT2D eigenvalue weighted by molar-refractivity contribution is 7.88. The first-order valence-corrected chi connectivity index (χ1v) is 7.14. The number of carboxylic acids is 1. The van der Waals surface area contributed by atoms with Crippen LogP contribution in [0.2, 0.25) is 0 Å². The first-order valence-electron chi connectivity index (χ1n) is 5.66. The monoisotopic (exact) mass is 296 g/mol. The van der Waals surface area contributed by atoms with Gasteiger partial charge in [-0.1, -0.05) is 0 Å². The van der Waals surface area contributed by atoms with E-state index in [0.29, 0.717) is 12.8 Å². The van der Waals surface area contributed by atoms with Crippen molar-refractivity contribution >= 4 is 22.3 Å². The SMILES string of the molecule is CCOC(=O)NS(=O)(=O)NCC1CCC(C(=O)O)O1. The molecule has 0 radical (unpaired) electrons. The second-order valence-corrected chi connectivity index (χ2v) is 5.34. The minimum absolute atomic E-state index is 0.0490. The lowest BCUT2D eigenvalue weighted by Crippen LogP contribution is -2.43. The van der Waals surface area contributed by atoms with Gasteiger partial charge in [-0.25, -0.2) is 14.3 Å². The fraction of sp³-hybridized carbons (Fsp3) is 0.778. The average molecular weight is 296 g/mol. The molecule has 3 N–H and O–H groups in total. The van der Waals surface area contributed by atoms with Crippen LogP contribution in [0.5, 0.6) is 0 Å². The van der Waals surface area contributed by atoms with Crippen molar-refractivity contribution in [3.8, 4) is 0 Å². The smallest absolute Gasteiger partial charge is 0.421 e. The van der Waals surface area contributed by atoms with Crippen LogP contribution in [0, 0.1) is 0 Å². The molecule has 0 aromatic rings. The zero-order valence-electron chi connectivity index (χ0n) is 10.3. The molecule has 110 valence electrons. The fourth-order valence-electron chi connectivity index (χ4n) is 1.55. The van der Waals surface area contributed by atoms with Crippen LogP contribution < -0.4 is 9.44 Å². The molecule has 0 bridgehead atoms. The van der Waals surface area contributed by atoms with Gasteiger partial charge in [-0.05, 0) is 19.8 Å². The second kappa shape index (κ2) is 6.68. The van der Waals surface area contributed by atoms with E-state index in [4.69, 9.17) is 9.84 Å². The first-order chi connectivity index (χ1) is 8.84. The van der Waals surface area contributed by atoms with Crippen molar-refractivity contribution in [2.45, 2.75) is 32.0 Å². The van der Waals surface area contributed by atoms with Gasteiger partial charge in [0.25, 0.3) is 0 Å².